The smallest absolute Gasteiger partial charge is 0.255 e. The van der Waals surface area contributed by atoms with E-state index in [0.29, 0.717) is 22.9 Å². The first-order valence-electron chi connectivity index (χ1n) is 9.27. The first-order chi connectivity index (χ1) is 14.9. The summed E-state index contributed by atoms with van der Waals surface area (Å²) in [6.45, 7) is -0.0705. The number of carbonyl (C=O) groups excluding carboxylic acids is 1. The SMILES string of the molecule is O=C(CNS(=O)(=O)c1ccc(Cl)cc1)N/N=C/c1ccccc1OCc1ccccc1. The third-order valence-electron chi connectivity index (χ3n) is 4.10. The van der Waals surface area contributed by atoms with Gasteiger partial charge in [-0.05, 0) is 42.0 Å². The van der Waals surface area contributed by atoms with Crippen molar-refractivity contribution in [2.24, 2.45) is 5.10 Å². The van der Waals surface area contributed by atoms with E-state index >= 15 is 0 Å². The van der Waals surface area contributed by atoms with Crippen molar-refractivity contribution in [1.29, 1.82) is 0 Å². The standard InChI is InChI=1S/C22H20ClN3O4S/c23-19-10-12-20(13-11-19)31(28,29)25-15-22(27)26-24-14-18-8-4-5-9-21(18)30-16-17-6-2-1-3-7-17/h1-14,25H,15-16H2,(H,26,27)/b24-14+. The predicted octanol–water partition coefficient (Wildman–Crippen LogP) is 3.35. The van der Waals surface area contributed by atoms with Crippen molar-refractivity contribution in [2.75, 3.05) is 6.54 Å². The Morgan fingerprint density at radius 3 is 2.39 bits per heavy atom. The average Bonchev–Trinajstić information content (AvgIpc) is 2.78. The molecule has 0 aliphatic carbocycles. The molecule has 0 saturated carbocycles. The Hall–Kier alpha value is -3.20. The molecule has 9 heteroatoms. The number of hydrazone groups is 1. The largest absolute Gasteiger partial charge is 0.488 e. The molecule has 0 aliphatic heterocycles. The highest BCUT2D eigenvalue weighted by molar-refractivity contribution is 7.89. The molecule has 3 aromatic carbocycles. The van der Waals surface area contributed by atoms with E-state index in [1.54, 1.807) is 12.1 Å². The summed E-state index contributed by atoms with van der Waals surface area (Å²) in [7, 11) is -3.83. The van der Waals surface area contributed by atoms with Gasteiger partial charge < -0.3 is 4.74 Å². The minimum atomic E-state index is -3.83. The van der Waals surface area contributed by atoms with Gasteiger partial charge in [-0.2, -0.15) is 5.10 Å². The zero-order chi connectivity index (χ0) is 22.1. The molecule has 0 unspecified atom stereocenters. The number of halogens is 1. The molecule has 0 fully saturated rings. The molecule has 3 aromatic rings. The minimum absolute atomic E-state index is 0.0118. The van der Waals surface area contributed by atoms with Crippen LogP contribution in [-0.2, 0) is 21.4 Å². The maximum atomic E-state index is 12.2. The van der Waals surface area contributed by atoms with Gasteiger partial charge in [0.25, 0.3) is 5.91 Å². The summed E-state index contributed by atoms with van der Waals surface area (Å²) in [4.78, 5) is 12.0. The quantitative estimate of drug-likeness (QED) is 0.380. The van der Waals surface area contributed by atoms with Gasteiger partial charge in [-0.3, -0.25) is 4.79 Å². The lowest BCUT2D eigenvalue weighted by Crippen LogP contribution is -2.34. The van der Waals surface area contributed by atoms with Crippen LogP contribution in [0.25, 0.3) is 0 Å². The van der Waals surface area contributed by atoms with E-state index in [-0.39, 0.29) is 4.90 Å². The number of carbonyl (C=O) groups is 1. The third kappa shape index (κ3) is 6.92. The van der Waals surface area contributed by atoms with Gasteiger partial charge in [0.05, 0.1) is 17.7 Å². The van der Waals surface area contributed by atoms with Gasteiger partial charge in [-0.25, -0.2) is 18.6 Å². The Kier molecular flexibility index (Phi) is 7.77. The number of benzene rings is 3. The summed E-state index contributed by atoms with van der Waals surface area (Å²) in [5.41, 5.74) is 3.98. The highest BCUT2D eigenvalue weighted by Crippen LogP contribution is 2.17. The minimum Gasteiger partial charge on any atom is -0.488 e. The van der Waals surface area contributed by atoms with Crippen LogP contribution in [0.15, 0.2) is 88.9 Å². The maximum absolute atomic E-state index is 12.2. The lowest BCUT2D eigenvalue weighted by molar-refractivity contribution is -0.119. The maximum Gasteiger partial charge on any atom is 0.255 e. The van der Waals surface area contributed by atoms with E-state index < -0.39 is 22.5 Å². The molecule has 0 bridgehead atoms. The molecule has 0 radical (unpaired) electrons. The molecule has 2 N–H and O–H groups in total. The Balaban J connectivity index is 1.53. The van der Waals surface area contributed by atoms with Gasteiger partial charge in [-0.1, -0.05) is 54.1 Å². The van der Waals surface area contributed by atoms with Crippen LogP contribution in [0.1, 0.15) is 11.1 Å². The predicted molar refractivity (Wildman–Crippen MR) is 120 cm³/mol. The van der Waals surface area contributed by atoms with Gasteiger partial charge in [0.2, 0.25) is 10.0 Å². The molecule has 0 spiro atoms. The van der Waals surface area contributed by atoms with Crippen LogP contribution in [0.5, 0.6) is 5.75 Å². The Labute approximate surface area is 185 Å². The zero-order valence-electron chi connectivity index (χ0n) is 16.4. The van der Waals surface area contributed by atoms with Crippen LogP contribution < -0.4 is 14.9 Å². The van der Waals surface area contributed by atoms with E-state index in [1.807, 2.05) is 42.5 Å². The Bertz CT molecular complexity index is 1150. The van der Waals surface area contributed by atoms with Crippen LogP contribution in [0.3, 0.4) is 0 Å². The highest BCUT2D eigenvalue weighted by atomic mass is 35.5. The van der Waals surface area contributed by atoms with Crippen LogP contribution in [0.4, 0.5) is 0 Å². The molecule has 31 heavy (non-hydrogen) atoms. The van der Waals surface area contributed by atoms with E-state index in [4.69, 9.17) is 16.3 Å². The van der Waals surface area contributed by atoms with Crippen molar-refractivity contribution >= 4 is 33.7 Å². The van der Waals surface area contributed by atoms with Gasteiger partial charge in [-0.15, -0.1) is 0 Å². The van der Waals surface area contributed by atoms with Crippen molar-refractivity contribution in [2.45, 2.75) is 11.5 Å². The highest BCUT2D eigenvalue weighted by Gasteiger charge is 2.15. The van der Waals surface area contributed by atoms with E-state index in [9.17, 15) is 13.2 Å². The van der Waals surface area contributed by atoms with Crippen molar-refractivity contribution in [3.05, 3.63) is 95.0 Å². The molecule has 0 saturated heterocycles. The summed E-state index contributed by atoms with van der Waals surface area (Å²) in [5, 5.41) is 4.30. The summed E-state index contributed by atoms with van der Waals surface area (Å²) in [5.74, 6) is -0.00994. The van der Waals surface area contributed by atoms with Crippen LogP contribution in [0, 0.1) is 0 Å². The monoisotopic (exact) mass is 457 g/mol. The summed E-state index contributed by atoms with van der Waals surface area (Å²) >= 11 is 5.75. The van der Waals surface area contributed by atoms with Crippen LogP contribution in [-0.4, -0.2) is 27.1 Å². The van der Waals surface area contributed by atoms with E-state index in [2.05, 4.69) is 15.2 Å². The molecule has 0 aromatic heterocycles. The molecule has 160 valence electrons. The number of ether oxygens (including phenoxy) is 1. The number of nitrogens with zero attached hydrogens (tertiary/aromatic N) is 1. The number of hydrogen-bond acceptors (Lipinski definition) is 5. The molecule has 0 atom stereocenters. The number of nitrogens with one attached hydrogen (secondary N) is 2. The van der Waals surface area contributed by atoms with E-state index in [1.165, 1.54) is 30.5 Å². The van der Waals surface area contributed by atoms with Crippen LogP contribution >= 0.6 is 11.6 Å². The number of rotatable bonds is 9. The number of amides is 1. The zero-order valence-corrected chi connectivity index (χ0v) is 17.9. The fourth-order valence-electron chi connectivity index (χ4n) is 2.52. The number of hydrogen-bond donors (Lipinski definition) is 2. The molecule has 0 heterocycles. The fourth-order valence-corrected chi connectivity index (χ4v) is 3.63. The lowest BCUT2D eigenvalue weighted by atomic mass is 10.2. The molecule has 3 rings (SSSR count). The normalized spacial score (nSPS) is 11.4. The second-order valence-corrected chi connectivity index (χ2v) is 8.59. The fraction of sp³-hybridized carbons (Fsp3) is 0.0909. The second kappa shape index (κ2) is 10.7. The van der Waals surface area contributed by atoms with E-state index in [0.717, 1.165) is 5.56 Å². The summed E-state index contributed by atoms with van der Waals surface area (Å²) in [6, 6.07) is 22.6. The second-order valence-electron chi connectivity index (χ2n) is 6.38. The van der Waals surface area contributed by atoms with Gasteiger partial charge in [0.1, 0.15) is 12.4 Å². The number of sulfonamides is 1. The molecule has 1 amide bonds. The van der Waals surface area contributed by atoms with Crippen molar-refractivity contribution in [3.63, 3.8) is 0 Å². The first kappa shape index (κ1) is 22.5. The van der Waals surface area contributed by atoms with Crippen molar-refractivity contribution < 1.29 is 17.9 Å². The third-order valence-corrected chi connectivity index (χ3v) is 5.76. The van der Waals surface area contributed by atoms with Gasteiger partial charge in [0, 0.05) is 10.6 Å². The number of para-hydroxylation sites is 1. The topological polar surface area (TPSA) is 96.9 Å². The first-order valence-corrected chi connectivity index (χ1v) is 11.1. The van der Waals surface area contributed by atoms with Gasteiger partial charge >= 0.3 is 0 Å². The Morgan fingerprint density at radius 2 is 1.65 bits per heavy atom. The molecule has 0 aliphatic rings. The van der Waals surface area contributed by atoms with Crippen molar-refractivity contribution in [3.8, 4) is 5.75 Å². The molecular weight excluding hydrogens is 438 g/mol. The summed E-state index contributed by atoms with van der Waals surface area (Å²) < 4.78 is 32.4. The van der Waals surface area contributed by atoms with Crippen LogP contribution in [0.2, 0.25) is 5.02 Å². The van der Waals surface area contributed by atoms with Crippen molar-refractivity contribution in [1.82, 2.24) is 10.1 Å². The Morgan fingerprint density at radius 1 is 0.968 bits per heavy atom. The van der Waals surface area contributed by atoms with Gasteiger partial charge in [0.15, 0.2) is 0 Å². The lowest BCUT2D eigenvalue weighted by Gasteiger charge is -2.09. The molecular formula is C22H20ClN3O4S. The summed E-state index contributed by atoms with van der Waals surface area (Å²) in [6.07, 6.45) is 1.44. The molecule has 7 nitrogen and oxygen atoms in total. The average molecular weight is 458 g/mol.